The molecule has 372 valence electrons. The highest BCUT2D eigenvalue weighted by Gasteiger charge is 2.27. The van der Waals surface area contributed by atoms with E-state index in [2.05, 4.69) is 20.6 Å². The summed E-state index contributed by atoms with van der Waals surface area (Å²) >= 11 is 50.4. The molecular formula is C48H40Cl8N6O9. The minimum atomic E-state index is -0.935. The van der Waals surface area contributed by atoms with Gasteiger partial charge >= 0.3 is 11.4 Å². The number of nitrogens with zero attached hydrogens (tertiary/aromatic N) is 4. The number of ether oxygens (including phenoxy) is 5. The van der Waals surface area contributed by atoms with E-state index < -0.39 is 22.1 Å². The maximum Gasteiger partial charge on any atom is 0.311 e. The fourth-order valence-corrected chi connectivity index (χ4v) is 8.39. The van der Waals surface area contributed by atoms with Gasteiger partial charge in [0.15, 0.2) is 0 Å². The molecule has 6 aromatic rings. The summed E-state index contributed by atoms with van der Waals surface area (Å²) in [6, 6.07) is 30.0. The van der Waals surface area contributed by atoms with Crippen LogP contribution in [0, 0.1) is 20.2 Å². The van der Waals surface area contributed by atoms with Crippen LogP contribution < -0.4 is 29.6 Å². The first kappa shape index (κ1) is 54.9. The van der Waals surface area contributed by atoms with Gasteiger partial charge < -0.3 is 34.3 Å². The first-order valence-corrected chi connectivity index (χ1v) is 24.2. The largest absolute Gasteiger partial charge is 0.489 e. The highest BCUT2D eigenvalue weighted by atomic mass is 35.5. The van der Waals surface area contributed by atoms with Crippen LogP contribution in [0.4, 0.5) is 23.0 Å². The second-order valence-corrected chi connectivity index (χ2v) is 18.5. The Bertz CT molecular complexity index is 2610. The molecule has 4 aromatic carbocycles. The van der Waals surface area contributed by atoms with Gasteiger partial charge in [0.05, 0.1) is 43.2 Å². The molecule has 23 heteroatoms. The number of rotatable bonds is 26. The van der Waals surface area contributed by atoms with Crippen LogP contribution in [0.2, 0.25) is 20.1 Å². The normalized spacial score (nSPS) is 11.7. The van der Waals surface area contributed by atoms with E-state index in [9.17, 15) is 20.2 Å². The molecule has 2 unspecified atom stereocenters. The number of anilines is 2. The summed E-state index contributed by atoms with van der Waals surface area (Å²) in [5, 5.41) is 30.8. The summed E-state index contributed by atoms with van der Waals surface area (Å²) in [7, 11) is 0. The molecule has 15 nitrogen and oxygen atoms in total. The van der Waals surface area contributed by atoms with Crippen molar-refractivity contribution in [2.75, 3.05) is 37.1 Å². The van der Waals surface area contributed by atoms with Crippen molar-refractivity contribution in [2.45, 2.75) is 38.1 Å². The molecule has 71 heavy (non-hydrogen) atoms. The van der Waals surface area contributed by atoms with Crippen LogP contribution in [0.5, 0.6) is 23.3 Å². The van der Waals surface area contributed by atoms with E-state index in [-0.39, 0.29) is 116 Å². The molecule has 0 bridgehead atoms. The Hall–Kier alpha value is -5.46. The van der Waals surface area contributed by atoms with Crippen molar-refractivity contribution < 1.29 is 33.5 Å². The van der Waals surface area contributed by atoms with Gasteiger partial charge in [-0.2, -0.15) is 9.97 Å². The third-order valence-corrected chi connectivity index (χ3v) is 11.9. The van der Waals surface area contributed by atoms with Gasteiger partial charge in [0.25, 0.3) is 0 Å². The van der Waals surface area contributed by atoms with Gasteiger partial charge in [0, 0.05) is 61.3 Å². The van der Waals surface area contributed by atoms with Crippen LogP contribution in [0.15, 0.2) is 130 Å². The van der Waals surface area contributed by atoms with E-state index >= 15 is 0 Å². The highest BCUT2D eigenvalue weighted by Crippen LogP contribution is 2.41. The Morgan fingerprint density at radius 1 is 0.563 bits per heavy atom. The van der Waals surface area contributed by atoms with Gasteiger partial charge in [0.2, 0.25) is 23.4 Å². The number of pyridine rings is 2. The Labute approximate surface area is 447 Å². The van der Waals surface area contributed by atoms with Crippen molar-refractivity contribution in [3.8, 4) is 23.3 Å². The van der Waals surface area contributed by atoms with Crippen molar-refractivity contribution in [3.05, 3.63) is 193 Å². The molecule has 0 spiro atoms. The lowest BCUT2D eigenvalue weighted by Crippen LogP contribution is -2.16. The number of hydrogen-bond acceptors (Lipinski definition) is 13. The Morgan fingerprint density at radius 2 is 0.930 bits per heavy atom. The quantitative estimate of drug-likeness (QED) is 0.0298. The topological polar surface area (TPSA) is 182 Å². The molecule has 2 N–H and O–H groups in total. The monoisotopic (exact) mass is 1120 g/mol. The summed E-state index contributed by atoms with van der Waals surface area (Å²) in [5.41, 5.74) is 1.88. The van der Waals surface area contributed by atoms with Crippen molar-refractivity contribution in [1.82, 2.24) is 9.97 Å². The average molecular weight is 1130 g/mol. The SMILES string of the molecule is O=[N+]([O-])c1ccc(OC(CCOCCC(Oc2ccc([N+](=O)[O-])c(NCc3ccccc3)n2)c2c(Cl)cc(OCC=C(Cl)Cl)cc2Cl)c2c(Cl)cc(OCC=C(Cl)Cl)cc2Cl)nc1NCc1ccccc1. The van der Waals surface area contributed by atoms with Gasteiger partial charge in [-0.05, 0) is 47.5 Å². The fourth-order valence-electron chi connectivity index (χ4n) is 6.72. The van der Waals surface area contributed by atoms with Crippen LogP contribution in [0.1, 0.15) is 47.3 Å². The van der Waals surface area contributed by atoms with Gasteiger partial charge in [0.1, 0.15) is 45.9 Å². The second-order valence-electron chi connectivity index (χ2n) is 14.8. The number of halogens is 8. The molecule has 2 atom stereocenters. The maximum absolute atomic E-state index is 12.0. The van der Waals surface area contributed by atoms with E-state index in [0.717, 1.165) is 11.1 Å². The third-order valence-electron chi connectivity index (χ3n) is 9.99. The van der Waals surface area contributed by atoms with Gasteiger partial charge in [-0.15, -0.1) is 0 Å². The predicted octanol–water partition coefficient (Wildman–Crippen LogP) is 15.3. The fraction of sp³-hybridized carbons (Fsp3) is 0.208. The molecule has 0 amide bonds. The Morgan fingerprint density at radius 3 is 1.27 bits per heavy atom. The Balaban J connectivity index is 1.25. The average Bonchev–Trinajstić information content (AvgIpc) is 3.32. The number of aromatic nitrogens is 2. The summed E-state index contributed by atoms with van der Waals surface area (Å²) < 4.78 is 30.5. The zero-order valence-electron chi connectivity index (χ0n) is 36.8. The van der Waals surface area contributed by atoms with Crippen LogP contribution in [0.3, 0.4) is 0 Å². The molecule has 0 saturated heterocycles. The first-order chi connectivity index (χ1) is 34.1. The van der Waals surface area contributed by atoms with Crippen molar-refractivity contribution in [2.24, 2.45) is 0 Å². The second kappa shape index (κ2) is 27.4. The number of nitro groups is 2. The van der Waals surface area contributed by atoms with E-state index in [4.69, 9.17) is 116 Å². The van der Waals surface area contributed by atoms with E-state index in [1.807, 2.05) is 60.7 Å². The number of nitrogens with one attached hydrogen (secondary N) is 2. The molecular weight excluding hydrogens is 1090 g/mol. The first-order valence-electron chi connectivity index (χ1n) is 21.2. The zero-order chi connectivity index (χ0) is 50.9. The van der Waals surface area contributed by atoms with Crippen LogP contribution in [-0.2, 0) is 17.8 Å². The minimum absolute atomic E-state index is 0.0128. The smallest absolute Gasteiger partial charge is 0.311 e. The molecule has 2 aromatic heterocycles. The molecule has 0 aliphatic heterocycles. The van der Waals surface area contributed by atoms with Crippen LogP contribution in [-0.4, -0.2) is 46.2 Å². The summed E-state index contributed by atoms with van der Waals surface area (Å²) in [4.78, 5) is 31.9. The predicted molar refractivity (Wildman–Crippen MR) is 280 cm³/mol. The lowest BCUT2D eigenvalue weighted by molar-refractivity contribution is -0.384. The summed E-state index contributed by atoms with van der Waals surface area (Å²) in [6.45, 7) is 0.599. The standard InChI is InChI=1S/C48H40Cl8N6O9/c49-33-23-31(68-21-17-41(53)54)24-34(50)45(33)39(70-43-13-11-37(61(63)64)47(59-43)57-27-29-7-3-1-4-8-29)15-19-67-20-16-40(46-35(51)25-32(26-36(46)52)69-22-18-42(55)56)71-44-14-12-38(62(65)66)48(60-44)58-28-30-9-5-2-6-10-30/h1-14,17-18,23-26,39-40H,15-16,19-22,27-28H2,(H,57,59)(H,58,60). The van der Waals surface area contributed by atoms with Crippen molar-refractivity contribution in [1.29, 1.82) is 0 Å². The van der Waals surface area contributed by atoms with Gasteiger partial charge in [-0.25, -0.2) is 0 Å². The van der Waals surface area contributed by atoms with Gasteiger partial charge in [-0.3, -0.25) is 20.2 Å². The molecule has 0 aliphatic carbocycles. The van der Waals surface area contributed by atoms with E-state index in [1.165, 1.54) is 60.7 Å². The van der Waals surface area contributed by atoms with Crippen LogP contribution in [0.25, 0.3) is 0 Å². The molecule has 0 fully saturated rings. The number of hydrogen-bond donors (Lipinski definition) is 2. The molecule has 0 saturated carbocycles. The Kier molecular flexibility index (Phi) is 21.2. The summed E-state index contributed by atoms with van der Waals surface area (Å²) in [6.07, 6.45) is 1.25. The summed E-state index contributed by atoms with van der Waals surface area (Å²) in [5.74, 6) is 0.605. The minimum Gasteiger partial charge on any atom is -0.489 e. The van der Waals surface area contributed by atoms with E-state index in [1.54, 1.807) is 0 Å². The molecule has 0 aliphatic rings. The highest BCUT2D eigenvalue weighted by molar-refractivity contribution is 6.56. The van der Waals surface area contributed by atoms with Gasteiger partial charge in [-0.1, -0.05) is 153 Å². The zero-order valence-corrected chi connectivity index (χ0v) is 42.9. The maximum atomic E-state index is 12.0. The van der Waals surface area contributed by atoms with E-state index in [0.29, 0.717) is 22.6 Å². The molecule has 2 heterocycles. The number of benzene rings is 4. The van der Waals surface area contributed by atoms with Crippen molar-refractivity contribution >= 4 is 116 Å². The molecule has 0 radical (unpaired) electrons. The van der Waals surface area contributed by atoms with Crippen molar-refractivity contribution in [3.63, 3.8) is 0 Å². The third kappa shape index (κ3) is 16.8. The molecule has 6 rings (SSSR count). The van der Waals surface area contributed by atoms with Crippen LogP contribution >= 0.6 is 92.8 Å². The lowest BCUT2D eigenvalue weighted by atomic mass is 10.1. The lowest BCUT2D eigenvalue weighted by Gasteiger charge is -2.23.